The molecule has 0 aliphatic rings. The summed E-state index contributed by atoms with van der Waals surface area (Å²) in [4.78, 5) is 20.4. The fourth-order valence-corrected chi connectivity index (χ4v) is 7.59. The summed E-state index contributed by atoms with van der Waals surface area (Å²) in [5.74, 6) is -0.0486. The van der Waals surface area contributed by atoms with E-state index in [4.69, 9.17) is 9.47 Å². The van der Waals surface area contributed by atoms with E-state index in [0.29, 0.717) is 50.0 Å². The van der Waals surface area contributed by atoms with Crippen LogP contribution in [-0.4, -0.2) is 63.1 Å². The molecule has 6 aromatic rings. The zero-order chi connectivity index (χ0) is 37.3. The number of carbonyl (C=O) groups is 1. The Morgan fingerprint density at radius 3 is 2.08 bits per heavy atom. The van der Waals surface area contributed by atoms with Gasteiger partial charge in [0.05, 0.1) is 20.3 Å². The lowest BCUT2D eigenvalue weighted by Crippen LogP contribution is -2.31. The number of rotatable bonds is 18. The number of fused-ring (bicyclic) bond motifs is 1. The molecule has 2 aromatic heterocycles. The maximum absolute atomic E-state index is 14.2. The number of hydrogen-bond acceptors (Lipinski definition) is 7. The fraction of sp³-hybridized carbons (Fsp3) is 0.295. The van der Waals surface area contributed by atoms with Crippen molar-refractivity contribution in [3.05, 3.63) is 143 Å². The molecular weight excluding hydrogens is 668 g/mol. The Balaban J connectivity index is 1.32. The predicted molar refractivity (Wildman–Crippen MR) is 206 cm³/mol. The lowest BCUT2D eigenvalue weighted by atomic mass is 9.81. The number of hydrogen-bond donors (Lipinski definition) is 6. The van der Waals surface area contributed by atoms with E-state index >= 15 is 0 Å². The Labute approximate surface area is 309 Å². The first-order valence-electron chi connectivity index (χ1n) is 18.1. The average Bonchev–Trinajstić information content (AvgIpc) is 3.88. The van der Waals surface area contributed by atoms with Crippen LogP contribution in [0.25, 0.3) is 10.8 Å². The van der Waals surface area contributed by atoms with Crippen molar-refractivity contribution in [2.45, 2.75) is 51.0 Å². The van der Waals surface area contributed by atoms with Gasteiger partial charge in [-0.1, -0.05) is 48.5 Å². The summed E-state index contributed by atoms with van der Waals surface area (Å²) in [6.07, 6.45) is 9.28. The molecule has 276 valence electrons. The first-order chi connectivity index (χ1) is 25.8. The predicted octanol–water partition coefficient (Wildman–Crippen LogP) is 6.87. The first-order valence-corrected chi connectivity index (χ1v) is 18.1. The molecule has 0 amide bonds. The standard InChI is InChI=1S/C44H48N2O7/c1-52-42-22-28(9-11-38(42)48)19-35(20-29-13-16-45-26-29)40(50)25-41(51)36(21-30-14-17-46-27-30)23-33-10-12-39(49)44(53-2)37(33)24-34-8-4-6-31-5-3-7-32(15-18-47)43(31)34/h3-14,16-17,22,26-27,35-36,41,45-49,51H,15,18-21,23-25H2,1-2H3/t35-,36+,41+/m0/s1. The molecule has 3 atom stereocenters. The van der Waals surface area contributed by atoms with Gasteiger partial charge in [0.2, 0.25) is 0 Å². The third-order valence-electron chi connectivity index (χ3n) is 10.3. The third-order valence-corrected chi connectivity index (χ3v) is 10.3. The van der Waals surface area contributed by atoms with E-state index in [1.807, 2.05) is 61.2 Å². The van der Waals surface area contributed by atoms with Crippen LogP contribution in [0.2, 0.25) is 0 Å². The Kier molecular flexibility index (Phi) is 12.2. The highest BCUT2D eigenvalue weighted by Crippen LogP contribution is 2.38. The van der Waals surface area contributed by atoms with Crippen LogP contribution in [0, 0.1) is 11.8 Å². The summed E-state index contributed by atoms with van der Waals surface area (Å²) in [6.45, 7) is 0.0285. The van der Waals surface area contributed by atoms with Crippen LogP contribution in [-0.2, 0) is 43.3 Å². The molecule has 0 fully saturated rings. The Morgan fingerprint density at radius 1 is 0.736 bits per heavy atom. The van der Waals surface area contributed by atoms with Gasteiger partial charge in [0.15, 0.2) is 23.0 Å². The molecule has 0 saturated carbocycles. The normalized spacial score (nSPS) is 13.1. The summed E-state index contributed by atoms with van der Waals surface area (Å²) in [6, 6.07) is 24.8. The SMILES string of the molecule is COc1cc(C[C@@H](Cc2cc[nH]c2)C(=O)C[C@@H](O)[C@H](Cc2cc[nH]c2)Cc2ccc(O)c(OC)c2Cc2cccc3cccc(CCO)c23)ccc1O. The molecule has 0 unspecified atom stereocenters. The zero-order valence-electron chi connectivity index (χ0n) is 30.2. The Hall–Kier alpha value is -5.51. The maximum atomic E-state index is 14.2. The second-order valence-corrected chi connectivity index (χ2v) is 13.8. The van der Waals surface area contributed by atoms with Crippen LogP contribution >= 0.6 is 0 Å². The smallest absolute Gasteiger partial charge is 0.164 e. The number of aliphatic hydroxyl groups is 2. The Bertz CT molecular complexity index is 2100. The number of Topliss-reactive ketones (excluding diaryl/α,β-unsaturated/α-hetero) is 1. The quantitative estimate of drug-likeness (QED) is 0.0569. The van der Waals surface area contributed by atoms with Gasteiger partial charge >= 0.3 is 0 Å². The van der Waals surface area contributed by atoms with E-state index in [-0.39, 0.29) is 36.2 Å². The number of aromatic amines is 2. The number of aromatic hydroxyl groups is 2. The molecule has 0 saturated heterocycles. The van der Waals surface area contributed by atoms with E-state index in [0.717, 1.165) is 49.7 Å². The minimum absolute atomic E-state index is 0.0263. The van der Waals surface area contributed by atoms with Gasteiger partial charge < -0.3 is 39.9 Å². The second-order valence-electron chi connectivity index (χ2n) is 13.8. The van der Waals surface area contributed by atoms with E-state index in [1.54, 1.807) is 31.4 Å². The van der Waals surface area contributed by atoms with Gasteiger partial charge in [-0.2, -0.15) is 0 Å². The average molecular weight is 717 g/mol. The molecule has 9 nitrogen and oxygen atoms in total. The molecule has 9 heteroatoms. The monoisotopic (exact) mass is 716 g/mol. The van der Waals surface area contributed by atoms with Crippen LogP contribution in [0.5, 0.6) is 23.0 Å². The number of ketones is 1. The van der Waals surface area contributed by atoms with Crippen molar-refractivity contribution in [1.82, 2.24) is 9.97 Å². The molecule has 2 heterocycles. The topological polar surface area (TPSA) is 148 Å². The van der Waals surface area contributed by atoms with Gasteiger partial charge in [-0.25, -0.2) is 0 Å². The van der Waals surface area contributed by atoms with E-state index in [2.05, 4.69) is 28.2 Å². The van der Waals surface area contributed by atoms with Crippen molar-refractivity contribution >= 4 is 16.6 Å². The van der Waals surface area contributed by atoms with Crippen LogP contribution in [0.4, 0.5) is 0 Å². The first kappa shape index (κ1) is 37.3. The summed E-state index contributed by atoms with van der Waals surface area (Å²) in [7, 11) is 3.04. The summed E-state index contributed by atoms with van der Waals surface area (Å²) >= 11 is 0. The fourth-order valence-electron chi connectivity index (χ4n) is 7.59. The number of phenols is 2. The number of ether oxygens (including phenoxy) is 2. The van der Waals surface area contributed by atoms with Gasteiger partial charge in [0.25, 0.3) is 0 Å². The van der Waals surface area contributed by atoms with E-state index in [9.17, 15) is 25.2 Å². The molecule has 0 radical (unpaired) electrons. The van der Waals surface area contributed by atoms with E-state index < -0.39 is 12.0 Å². The van der Waals surface area contributed by atoms with Crippen molar-refractivity contribution in [3.63, 3.8) is 0 Å². The van der Waals surface area contributed by atoms with Crippen molar-refractivity contribution in [3.8, 4) is 23.0 Å². The highest BCUT2D eigenvalue weighted by atomic mass is 16.5. The maximum Gasteiger partial charge on any atom is 0.164 e. The molecular formula is C44H48N2O7. The number of benzene rings is 4. The number of phenolic OH excluding ortho intramolecular Hbond substituents is 2. The van der Waals surface area contributed by atoms with Crippen molar-refractivity contribution in [2.24, 2.45) is 11.8 Å². The lowest BCUT2D eigenvalue weighted by Gasteiger charge is -2.26. The van der Waals surface area contributed by atoms with Crippen LogP contribution < -0.4 is 9.47 Å². The highest BCUT2D eigenvalue weighted by molar-refractivity contribution is 5.89. The van der Waals surface area contributed by atoms with Crippen LogP contribution in [0.3, 0.4) is 0 Å². The van der Waals surface area contributed by atoms with Crippen LogP contribution in [0.15, 0.2) is 104 Å². The van der Waals surface area contributed by atoms with Crippen molar-refractivity contribution in [2.75, 3.05) is 20.8 Å². The largest absolute Gasteiger partial charge is 0.504 e. The van der Waals surface area contributed by atoms with Crippen molar-refractivity contribution < 1.29 is 34.7 Å². The molecule has 53 heavy (non-hydrogen) atoms. The minimum Gasteiger partial charge on any atom is -0.504 e. The van der Waals surface area contributed by atoms with Crippen molar-refractivity contribution in [1.29, 1.82) is 0 Å². The molecule has 6 N–H and O–H groups in total. The van der Waals surface area contributed by atoms with Gasteiger partial charge in [-0.05, 0) is 113 Å². The zero-order valence-corrected chi connectivity index (χ0v) is 30.2. The number of nitrogens with one attached hydrogen (secondary N) is 2. The highest BCUT2D eigenvalue weighted by Gasteiger charge is 2.29. The van der Waals surface area contributed by atoms with Gasteiger partial charge in [-0.15, -0.1) is 0 Å². The molecule has 0 aliphatic carbocycles. The molecule has 0 aliphatic heterocycles. The minimum atomic E-state index is -0.971. The lowest BCUT2D eigenvalue weighted by molar-refractivity contribution is -0.125. The van der Waals surface area contributed by atoms with E-state index in [1.165, 1.54) is 7.11 Å². The number of methoxy groups -OCH3 is 2. The summed E-state index contributed by atoms with van der Waals surface area (Å²) in [5, 5.41) is 45.1. The second kappa shape index (κ2) is 17.3. The van der Waals surface area contributed by atoms with Gasteiger partial charge in [0.1, 0.15) is 5.78 Å². The molecule has 4 aromatic carbocycles. The molecule has 0 bridgehead atoms. The molecule has 6 rings (SSSR count). The van der Waals surface area contributed by atoms with Crippen LogP contribution in [0.1, 0.15) is 45.4 Å². The number of aliphatic hydroxyl groups excluding tert-OH is 2. The Morgan fingerprint density at radius 2 is 1.42 bits per heavy atom. The summed E-state index contributed by atoms with van der Waals surface area (Å²) in [5.41, 5.74) is 6.64. The number of aromatic nitrogens is 2. The molecule has 0 spiro atoms. The number of carbonyl (C=O) groups excluding carboxylic acids is 1. The number of H-pyrrole nitrogens is 2. The third kappa shape index (κ3) is 8.93. The summed E-state index contributed by atoms with van der Waals surface area (Å²) < 4.78 is 11.1. The van der Waals surface area contributed by atoms with Gasteiger partial charge in [-0.3, -0.25) is 4.79 Å². The van der Waals surface area contributed by atoms with Gasteiger partial charge in [0, 0.05) is 55.7 Å².